The lowest BCUT2D eigenvalue weighted by molar-refractivity contribution is -0.167. The van der Waals surface area contributed by atoms with Crippen molar-refractivity contribution < 1.29 is 28.6 Å². The zero-order chi connectivity index (χ0) is 46.5. The van der Waals surface area contributed by atoms with Crippen molar-refractivity contribution in [3.05, 3.63) is 72.9 Å². The van der Waals surface area contributed by atoms with Gasteiger partial charge in [-0.05, 0) is 89.9 Å². The highest BCUT2D eigenvalue weighted by Gasteiger charge is 2.19. The topological polar surface area (TPSA) is 78.9 Å². The zero-order valence-electron chi connectivity index (χ0n) is 42.0. The Morgan fingerprint density at radius 3 is 0.984 bits per heavy atom. The molecule has 0 aromatic carbocycles. The Balaban J connectivity index is 4.38. The Labute approximate surface area is 395 Å². The standard InChI is InChI=1S/C58H100O6/c1-4-7-10-13-16-19-22-25-26-27-28-29-30-31-32-34-36-39-42-45-48-51-57(60)63-54-55(53-62-56(59)50-47-44-41-38-35-24-21-18-15-12-9-6-3)64-58(61)52-49-46-43-40-37-33-23-20-17-14-11-8-5-2/h7,10,16,19-20,23,25-26,28-29,31-32,55H,4-6,8-9,11-15,17-18,21-22,24,27,30,33-54H2,1-3H3/b10-7-,19-16-,23-20-,26-25-,29-28-,32-31-. The molecule has 368 valence electrons. The minimum absolute atomic E-state index is 0.0832. The third kappa shape index (κ3) is 49.9. The van der Waals surface area contributed by atoms with Crippen LogP contribution in [0.2, 0.25) is 0 Å². The second-order valence-corrected chi connectivity index (χ2v) is 17.8. The van der Waals surface area contributed by atoms with Crippen LogP contribution in [0, 0.1) is 0 Å². The van der Waals surface area contributed by atoms with Crippen molar-refractivity contribution in [3.8, 4) is 0 Å². The number of rotatable bonds is 48. The number of carbonyl (C=O) groups excluding carboxylic acids is 3. The van der Waals surface area contributed by atoms with Gasteiger partial charge < -0.3 is 14.2 Å². The van der Waals surface area contributed by atoms with Gasteiger partial charge in [0.2, 0.25) is 0 Å². The largest absolute Gasteiger partial charge is 0.462 e. The van der Waals surface area contributed by atoms with Crippen LogP contribution in [0.15, 0.2) is 72.9 Å². The summed E-state index contributed by atoms with van der Waals surface area (Å²) in [5, 5.41) is 0. The van der Waals surface area contributed by atoms with E-state index in [-0.39, 0.29) is 31.1 Å². The van der Waals surface area contributed by atoms with Crippen LogP contribution in [-0.4, -0.2) is 37.2 Å². The number of hydrogen-bond acceptors (Lipinski definition) is 6. The summed E-state index contributed by atoms with van der Waals surface area (Å²) < 4.78 is 16.8. The minimum atomic E-state index is -0.785. The SMILES string of the molecule is CC/C=C\C/C=C\C/C=C\C/C=C\C/C=C\CCCCCCCC(=O)OCC(COC(=O)CCCCCCCCCCCCCC)OC(=O)CCCCCCC/C=C\CCCCCC. The summed E-state index contributed by atoms with van der Waals surface area (Å²) in [5.41, 5.74) is 0. The molecule has 0 heterocycles. The van der Waals surface area contributed by atoms with Crippen LogP contribution in [0.5, 0.6) is 0 Å². The van der Waals surface area contributed by atoms with E-state index in [1.165, 1.54) is 96.3 Å². The summed E-state index contributed by atoms with van der Waals surface area (Å²) in [6, 6.07) is 0. The Hall–Kier alpha value is -3.15. The Morgan fingerprint density at radius 1 is 0.328 bits per heavy atom. The third-order valence-corrected chi connectivity index (χ3v) is 11.4. The van der Waals surface area contributed by atoms with Gasteiger partial charge in [-0.25, -0.2) is 0 Å². The first-order chi connectivity index (χ1) is 31.5. The highest BCUT2D eigenvalue weighted by Crippen LogP contribution is 2.15. The van der Waals surface area contributed by atoms with Gasteiger partial charge in [-0.2, -0.15) is 0 Å². The fourth-order valence-electron chi connectivity index (χ4n) is 7.40. The number of esters is 3. The van der Waals surface area contributed by atoms with Gasteiger partial charge in [-0.1, -0.05) is 222 Å². The second kappa shape index (κ2) is 52.5. The predicted octanol–water partition coefficient (Wildman–Crippen LogP) is 17.8. The number of unbranched alkanes of at least 4 members (excludes halogenated alkanes) is 25. The molecule has 0 aliphatic rings. The molecular formula is C58H100O6. The Morgan fingerprint density at radius 2 is 0.609 bits per heavy atom. The van der Waals surface area contributed by atoms with E-state index in [0.29, 0.717) is 19.3 Å². The predicted molar refractivity (Wildman–Crippen MR) is 274 cm³/mol. The maximum atomic E-state index is 12.8. The lowest BCUT2D eigenvalue weighted by Crippen LogP contribution is -2.30. The molecule has 0 aromatic rings. The lowest BCUT2D eigenvalue weighted by Gasteiger charge is -2.18. The van der Waals surface area contributed by atoms with E-state index in [0.717, 1.165) is 122 Å². The molecule has 0 aliphatic carbocycles. The van der Waals surface area contributed by atoms with E-state index < -0.39 is 6.10 Å². The third-order valence-electron chi connectivity index (χ3n) is 11.4. The maximum Gasteiger partial charge on any atom is 0.306 e. The van der Waals surface area contributed by atoms with Crippen LogP contribution in [0.4, 0.5) is 0 Å². The molecule has 64 heavy (non-hydrogen) atoms. The van der Waals surface area contributed by atoms with Crippen molar-refractivity contribution in [1.82, 2.24) is 0 Å². The van der Waals surface area contributed by atoms with Crippen LogP contribution in [-0.2, 0) is 28.6 Å². The summed E-state index contributed by atoms with van der Waals surface area (Å²) in [4.78, 5) is 38.0. The minimum Gasteiger partial charge on any atom is -0.462 e. The van der Waals surface area contributed by atoms with E-state index in [4.69, 9.17) is 14.2 Å². The van der Waals surface area contributed by atoms with Crippen LogP contribution < -0.4 is 0 Å². The van der Waals surface area contributed by atoms with E-state index in [1.807, 2.05) is 0 Å². The first-order valence-electron chi connectivity index (χ1n) is 26.9. The van der Waals surface area contributed by atoms with Gasteiger partial charge in [-0.15, -0.1) is 0 Å². The summed E-state index contributed by atoms with van der Waals surface area (Å²) in [5.74, 6) is -0.908. The molecule has 1 unspecified atom stereocenters. The van der Waals surface area contributed by atoms with Gasteiger partial charge in [0.05, 0.1) is 0 Å². The van der Waals surface area contributed by atoms with Gasteiger partial charge in [0.25, 0.3) is 0 Å². The quantitative estimate of drug-likeness (QED) is 0.0262. The molecule has 6 heteroatoms. The second-order valence-electron chi connectivity index (χ2n) is 17.8. The molecule has 0 aliphatic heterocycles. The molecule has 1 atom stereocenters. The first-order valence-corrected chi connectivity index (χ1v) is 26.9. The molecule has 0 fully saturated rings. The van der Waals surface area contributed by atoms with Crippen molar-refractivity contribution in [1.29, 1.82) is 0 Å². The molecule has 0 radical (unpaired) electrons. The molecule has 0 aromatic heterocycles. The van der Waals surface area contributed by atoms with E-state index in [9.17, 15) is 14.4 Å². The van der Waals surface area contributed by atoms with Crippen LogP contribution in [0.25, 0.3) is 0 Å². The number of hydrogen-bond donors (Lipinski definition) is 0. The van der Waals surface area contributed by atoms with Gasteiger partial charge >= 0.3 is 17.9 Å². The molecule has 0 rings (SSSR count). The molecule has 0 saturated heterocycles. The van der Waals surface area contributed by atoms with Gasteiger partial charge in [0, 0.05) is 19.3 Å². The monoisotopic (exact) mass is 893 g/mol. The summed E-state index contributed by atoms with van der Waals surface area (Å²) >= 11 is 0. The lowest BCUT2D eigenvalue weighted by atomic mass is 10.0. The van der Waals surface area contributed by atoms with Crippen LogP contribution in [0.3, 0.4) is 0 Å². The first kappa shape index (κ1) is 60.9. The summed E-state index contributed by atoms with van der Waals surface area (Å²) in [6.45, 7) is 6.49. The molecule has 0 N–H and O–H groups in total. The van der Waals surface area contributed by atoms with E-state index in [2.05, 4.69) is 93.7 Å². The highest BCUT2D eigenvalue weighted by molar-refractivity contribution is 5.71. The average Bonchev–Trinajstić information content (AvgIpc) is 3.29. The van der Waals surface area contributed by atoms with E-state index in [1.54, 1.807) is 0 Å². The molecule has 0 saturated carbocycles. The molecule has 0 bridgehead atoms. The van der Waals surface area contributed by atoms with E-state index >= 15 is 0 Å². The highest BCUT2D eigenvalue weighted by atomic mass is 16.6. The average molecular weight is 893 g/mol. The zero-order valence-corrected chi connectivity index (χ0v) is 42.0. The Bertz CT molecular complexity index is 1210. The summed E-state index contributed by atoms with van der Waals surface area (Å²) in [6.07, 6.45) is 66.0. The van der Waals surface area contributed by atoms with Crippen LogP contribution >= 0.6 is 0 Å². The normalized spacial score (nSPS) is 12.6. The van der Waals surface area contributed by atoms with Gasteiger partial charge in [-0.3, -0.25) is 14.4 Å². The van der Waals surface area contributed by atoms with Crippen molar-refractivity contribution >= 4 is 17.9 Å². The maximum absolute atomic E-state index is 12.8. The number of carbonyl (C=O) groups is 3. The molecular weight excluding hydrogens is 793 g/mol. The van der Waals surface area contributed by atoms with Crippen molar-refractivity contribution in [2.45, 2.75) is 264 Å². The molecule has 0 spiro atoms. The van der Waals surface area contributed by atoms with Gasteiger partial charge in [0.15, 0.2) is 6.10 Å². The van der Waals surface area contributed by atoms with Crippen molar-refractivity contribution in [3.63, 3.8) is 0 Å². The fourth-order valence-corrected chi connectivity index (χ4v) is 7.40. The smallest absolute Gasteiger partial charge is 0.306 e. The Kier molecular flexibility index (Phi) is 49.9. The van der Waals surface area contributed by atoms with Crippen LogP contribution in [0.1, 0.15) is 258 Å². The number of allylic oxidation sites excluding steroid dienone is 12. The molecule has 6 nitrogen and oxygen atoms in total. The number of ether oxygens (including phenoxy) is 3. The molecule has 0 amide bonds. The van der Waals surface area contributed by atoms with Crippen molar-refractivity contribution in [2.24, 2.45) is 0 Å². The van der Waals surface area contributed by atoms with Gasteiger partial charge in [0.1, 0.15) is 13.2 Å². The van der Waals surface area contributed by atoms with Crippen molar-refractivity contribution in [2.75, 3.05) is 13.2 Å². The summed E-state index contributed by atoms with van der Waals surface area (Å²) in [7, 11) is 0. The fraction of sp³-hybridized carbons (Fsp3) is 0.741.